The molecule has 0 fully saturated rings. The second-order valence-electron chi connectivity index (χ2n) is 6.72. The molecule has 0 aliphatic rings. The molecule has 0 aliphatic carbocycles. The largest absolute Gasteiger partial charge is 0.481 e. The molecule has 0 aliphatic heterocycles. The van der Waals surface area contributed by atoms with Gasteiger partial charge in [0.1, 0.15) is 10.7 Å². The molecule has 0 amide bonds. The molecule has 130 valence electrons. The van der Waals surface area contributed by atoms with Crippen molar-refractivity contribution in [1.29, 1.82) is 0 Å². The number of aromatic nitrogens is 3. The molecule has 3 rings (SSSR count). The zero-order valence-electron chi connectivity index (χ0n) is 14.5. The van der Waals surface area contributed by atoms with E-state index in [1.54, 1.807) is 38.4 Å². The molecule has 0 saturated carbocycles. The minimum absolute atomic E-state index is 0.0378. The van der Waals surface area contributed by atoms with E-state index in [1.165, 1.54) is 15.9 Å². The van der Waals surface area contributed by atoms with Crippen LogP contribution in [0.4, 0.5) is 0 Å². The second kappa shape index (κ2) is 6.07. The number of hydrogen-bond acceptors (Lipinski definition) is 5. The molecule has 0 radical (unpaired) electrons. The Bertz CT molecular complexity index is 1020. The Kier molecular flexibility index (Phi) is 4.20. The minimum atomic E-state index is -1.10. The summed E-state index contributed by atoms with van der Waals surface area (Å²) in [7, 11) is 0. The van der Waals surface area contributed by atoms with Gasteiger partial charge in [0.2, 0.25) is 0 Å². The summed E-state index contributed by atoms with van der Waals surface area (Å²) in [5, 5.41) is 10.1. The predicted molar refractivity (Wildman–Crippen MR) is 98.0 cm³/mol. The number of carboxylic acid groups (broad SMARTS) is 1. The van der Waals surface area contributed by atoms with Gasteiger partial charge in [-0.2, -0.15) is 0 Å². The molecular weight excluding hydrogens is 338 g/mol. The normalized spacial score (nSPS) is 11.8. The number of carbonyl (C=O) groups is 1. The molecule has 0 aromatic carbocycles. The van der Waals surface area contributed by atoms with Crippen LogP contribution in [0.5, 0.6) is 0 Å². The summed E-state index contributed by atoms with van der Waals surface area (Å²) in [5.74, 6) is -0.492. The maximum Gasteiger partial charge on any atom is 0.310 e. The van der Waals surface area contributed by atoms with Crippen molar-refractivity contribution in [1.82, 2.24) is 14.5 Å². The van der Waals surface area contributed by atoms with Crippen molar-refractivity contribution < 1.29 is 9.90 Å². The Morgan fingerprint density at radius 1 is 1.28 bits per heavy atom. The molecule has 0 spiro atoms. The fourth-order valence-electron chi connectivity index (χ4n) is 2.66. The zero-order chi connectivity index (χ0) is 18.4. The topological polar surface area (TPSA) is 85.1 Å². The van der Waals surface area contributed by atoms with Gasteiger partial charge in [-0.05, 0) is 45.4 Å². The number of fused-ring (bicyclic) bond motifs is 1. The van der Waals surface area contributed by atoms with Gasteiger partial charge in [0.25, 0.3) is 5.56 Å². The molecule has 0 bridgehead atoms. The van der Waals surface area contributed by atoms with Gasteiger partial charge < -0.3 is 5.11 Å². The van der Waals surface area contributed by atoms with Crippen molar-refractivity contribution in [2.45, 2.75) is 34.2 Å². The van der Waals surface area contributed by atoms with Gasteiger partial charge in [0.15, 0.2) is 0 Å². The first kappa shape index (κ1) is 17.3. The van der Waals surface area contributed by atoms with E-state index in [2.05, 4.69) is 4.98 Å². The molecule has 7 heteroatoms. The summed E-state index contributed by atoms with van der Waals surface area (Å²) in [6, 6.07) is 3.54. The summed E-state index contributed by atoms with van der Waals surface area (Å²) in [5.41, 5.74) is 0.340. The van der Waals surface area contributed by atoms with E-state index in [1.807, 2.05) is 13.8 Å². The lowest BCUT2D eigenvalue weighted by atomic mass is 9.93. The number of pyridine rings is 1. The Morgan fingerprint density at radius 2 is 1.92 bits per heavy atom. The van der Waals surface area contributed by atoms with Gasteiger partial charge in [-0.15, -0.1) is 11.3 Å². The second-order valence-corrected chi connectivity index (χ2v) is 7.92. The van der Waals surface area contributed by atoms with Gasteiger partial charge in [0, 0.05) is 29.4 Å². The number of thiophene rings is 1. The molecule has 0 saturated heterocycles. The standard InChI is InChI=1S/C18H19N3O3S/c1-10-11(2)25-15-13(10)16(22)21(9-18(3,4)17(23)24)14(20-15)12-5-7-19-8-6-12/h5-8H,9H2,1-4H3,(H,23,24). The number of aryl methyl sites for hydroxylation is 2. The van der Waals surface area contributed by atoms with Crippen molar-refractivity contribution >= 4 is 27.5 Å². The smallest absolute Gasteiger partial charge is 0.310 e. The third kappa shape index (κ3) is 2.95. The first-order chi connectivity index (χ1) is 11.7. The first-order valence-electron chi connectivity index (χ1n) is 7.86. The summed E-state index contributed by atoms with van der Waals surface area (Å²) in [6.45, 7) is 7.10. The van der Waals surface area contributed by atoms with Crippen LogP contribution >= 0.6 is 11.3 Å². The van der Waals surface area contributed by atoms with Crippen LogP contribution in [0.1, 0.15) is 24.3 Å². The Morgan fingerprint density at radius 3 is 2.52 bits per heavy atom. The molecule has 6 nitrogen and oxygen atoms in total. The minimum Gasteiger partial charge on any atom is -0.481 e. The van der Waals surface area contributed by atoms with Crippen LogP contribution in [0, 0.1) is 19.3 Å². The van der Waals surface area contributed by atoms with Crippen LogP contribution in [0.25, 0.3) is 21.6 Å². The van der Waals surface area contributed by atoms with Crippen molar-refractivity contribution in [3.63, 3.8) is 0 Å². The average molecular weight is 357 g/mol. The molecule has 3 heterocycles. The summed E-state index contributed by atoms with van der Waals surface area (Å²) in [4.78, 5) is 35.2. The van der Waals surface area contributed by atoms with Crippen molar-refractivity contribution in [3.8, 4) is 11.4 Å². The number of aliphatic carboxylic acids is 1. The quantitative estimate of drug-likeness (QED) is 0.775. The van der Waals surface area contributed by atoms with Crippen molar-refractivity contribution in [2.24, 2.45) is 5.41 Å². The van der Waals surface area contributed by atoms with E-state index in [0.717, 1.165) is 16.0 Å². The van der Waals surface area contributed by atoms with Crippen molar-refractivity contribution in [3.05, 3.63) is 45.3 Å². The van der Waals surface area contributed by atoms with Crippen LogP contribution in [0.2, 0.25) is 0 Å². The molecule has 25 heavy (non-hydrogen) atoms. The lowest BCUT2D eigenvalue weighted by Crippen LogP contribution is -2.35. The Hall–Kier alpha value is -2.54. The summed E-state index contributed by atoms with van der Waals surface area (Å²) in [6.07, 6.45) is 3.26. The summed E-state index contributed by atoms with van der Waals surface area (Å²) >= 11 is 1.48. The Labute approximate surface area is 148 Å². The monoisotopic (exact) mass is 357 g/mol. The fraction of sp³-hybridized carbons (Fsp3) is 0.333. The van der Waals surface area contributed by atoms with Gasteiger partial charge in [0.05, 0.1) is 10.8 Å². The fourth-order valence-corrected chi connectivity index (χ4v) is 3.68. The van der Waals surface area contributed by atoms with Crippen LogP contribution in [-0.4, -0.2) is 25.6 Å². The number of hydrogen-bond donors (Lipinski definition) is 1. The predicted octanol–water partition coefficient (Wildman–Crippen LogP) is 3.25. The van der Waals surface area contributed by atoms with E-state index in [9.17, 15) is 14.7 Å². The Balaban J connectivity index is 2.35. The molecule has 3 aromatic heterocycles. The first-order valence-corrected chi connectivity index (χ1v) is 8.68. The lowest BCUT2D eigenvalue weighted by molar-refractivity contribution is -0.147. The third-order valence-electron chi connectivity index (χ3n) is 4.36. The van der Waals surface area contributed by atoms with Gasteiger partial charge in [-0.1, -0.05) is 0 Å². The van der Waals surface area contributed by atoms with Gasteiger partial charge >= 0.3 is 5.97 Å². The van der Waals surface area contributed by atoms with Crippen LogP contribution in [0.15, 0.2) is 29.3 Å². The van der Waals surface area contributed by atoms with E-state index in [-0.39, 0.29) is 12.1 Å². The van der Waals surface area contributed by atoms with Crippen molar-refractivity contribution in [2.75, 3.05) is 0 Å². The van der Waals surface area contributed by atoms with Gasteiger partial charge in [-0.3, -0.25) is 19.1 Å². The highest BCUT2D eigenvalue weighted by molar-refractivity contribution is 7.18. The van der Waals surface area contributed by atoms with Crippen LogP contribution in [-0.2, 0) is 11.3 Å². The lowest BCUT2D eigenvalue weighted by Gasteiger charge is -2.22. The number of carboxylic acids is 1. The SMILES string of the molecule is Cc1sc2nc(-c3ccncc3)n(CC(C)(C)C(=O)O)c(=O)c2c1C. The molecule has 3 aromatic rings. The maximum atomic E-state index is 13.2. The van der Waals surface area contributed by atoms with Crippen LogP contribution < -0.4 is 5.56 Å². The number of rotatable bonds is 4. The van der Waals surface area contributed by atoms with E-state index in [0.29, 0.717) is 16.0 Å². The highest BCUT2D eigenvalue weighted by Crippen LogP contribution is 2.30. The van der Waals surface area contributed by atoms with E-state index in [4.69, 9.17) is 4.98 Å². The zero-order valence-corrected chi connectivity index (χ0v) is 15.3. The average Bonchev–Trinajstić information content (AvgIpc) is 2.85. The van der Waals surface area contributed by atoms with E-state index >= 15 is 0 Å². The van der Waals surface area contributed by atoms with Crippen LogP contribution in [0.3, 0.4) is 0 Å². The summed E-state index contributed by atoms with van der Waals surface area (Å²) < 4.78 is 1.48. The molecule has 0 unspecified atom stereocenters. The highest BCUT2D eigenvalue weighted by Gasteiger charge is 2.30. The maximum absolute atomic E-state index is 13.2. The number of nitrogens with zero attached hydrogens (tertiary/aromatic N) is 3. The molecular formula is C18H19N3O3S. The van der Waals surface area contributed by atoms with Gasteiger partial charge in [-0.25, -0.2) is 4.98 Å². The molecule has 0 atom stereocenters. The van der Waals surface area contributed by atoms with E-state index < -0.39 is 11.4 Å². The third-order valence-corrected chi connectivity index (χ3v) is 5.46. The highest BCUT2D eigenvalue weighted by atomic mass is 32.1. The molecule has 1 N–H and O–H groups in total.